The second-order valence-electron chi connectivity index (χ2n) is 9.01. The lowest BCUT2D eigenvalue weighted by atomic mass is 9.92. The van der Waals surface area contributed by atoms with Crippen molar-refractivity contribution in [2.75, 3.05) is 37.8 Å². The van der Waals surface area contributed by atoms with Crippen LogP contribution in [0.3, 0.4) is 0 Å². The Morgan fingerprint density at radius 3 is 2.94 bits per heavy atom. The van der Waals surface area contributed by atoms with Crippen LogP contribution in [0.25, 0.3) is 11.0 Å². The van der Waals surface area contributed by atoms with Gasteiger partial charge in [-0.2, -0.15) is 20.1 Å². The number of aliphatic hydroxyl groups excluding tert-OH is 1. The highest BCUT2D eigenvalue weighted by Crippen LogP contribution is 2.32. The zero-order chi connectivity index (χ0) is 24.2. The summed E-state index contributed by atoms with van der Waals surface area (Å²) in [4.78, 5) is 32.2. The largest absolute Gasteiger partial charge is 0.461 e. The van der Waals surface area contributed by atoms with E-state index >= 15 is 0 Å². The van der Waals surface area contributed by atoms with Gasteiger partial charge in [0.2, 0.25) is 11.8 Å². The van der Waals surface area contributed by atoms with E-state index in [1.165, 1.54) is 0 Å². The molecule has 0 spiro atoms. The summed E-state index contributed by atoms with van der Waals surface area (Å²) in [6.45, 7) is 3.95. The van der Waals surface area contributed by atoms with Crippen LogP contribution in [0.4, 0.5) is 5.95 Å². The van der Waals surface area contributed by atoms with Crippen LogP contribution in [-0.4, -0.2) is 86.2 Å². The number of amides is 1. The summed E-state index contributed by atoms with van der Waals surface area (Å²) in [5, 5.41) is 20.6. The molecule has 3 aromatic heterocycles. The first-order chi connectivity index (χ1) is 17.1. The van der Waals surface area contributed by atoms with Gasteiger partial charge in [0.05, 0.1) is 18.4 Å². The van der Waals surface area contributed by atoms with Gasteiger partial charge in [-0.05, 0) is 44.7 Å². The van der Waals surface area contributed by atoms with Crippen molar-refractivity contribution in [2.24, 2.45) is 0 Å². The zero-order valence-corrected chi connectivity index (χ0v) is 19.7. The summed E-state index contributed by atoms with van der Waals surface area (Å²) in [6, 6.07) is 3.63. The molecule has 3 N–H and O–H groups in total. The summed E-state index contributed by atoms with van der Waals surface area (Å²) in [6.07, 6.45) is 5.38. The van der Waals surface area contributed by atoms with Crippen LogP contribution in [0.5, 0.6) is 6.01 Å². The standard InChI is InChI=1S/C23H30N8O4/c1-14(12-32)25-21(33)20-26-22(28-23(27-20)35-13-16-4-3-11-34-16)31-9-6-15(7-10-31)18-17-5-2-8-24-19(17)30-29-18/h2,5,8,14-16,32H,3-4,6-7,9-13H2,1H3,(H,25,33)(H,24,29,30)/t14-,16-/m1/s1. The van der Waals surface area contributed by atoms with Crippen molar-refractivity contribution in [3.63, 3.8) is 0 Å². The number of aliphatic hydroxyl groups is 1. The first-order valence-electron chi connectivity index (χ1n) is 12.1. The van der Waals surface area contributed by atoms with Gasteiger partial charge in [0.1, 0.15) is 6.61 Å². The number of aromatic nitrogens is 6. The molecule has 0 aromatic carbocycles. The van der Waals surface area contributed by atoms with E-state index < -0.39 is 11.9 Å². The van der Waals surface area contributed by atoms with Crippen LogP contribution >= 0.6 is 0 Å². The summed E-state index contributed by atoms with van der Waals surface area (Å²) in [7, 11) is 0. The molecule has 35 heavy (non-hydrogen) atoms. The SMILES string of the molecule is C[C@H](CO)NC(=O)c1nc(OC[C@H]2CCCO2)nc(N2CCC(c3n[nH]c4ncccc34)CC2)n1. The van der Waals surface area contributed by atoms with Gasteiger partial charge in [0.15, 0.2) is 5.65 Å². The fourth-order valence-corrected chi connectivity index (χ4v) is 4.47. The monoisotopic (exact) mass is 482 g/mol. The molecule has 2 saturated heterocycles. The molecule has 2 atom stereocenters. The fourth-order valence-electron chi connectivity index (χ4n) is 4.47. The Bertz CT molecular complexity index is 1160. The van der Waals surface area contributed by atoms with Crippen molar-refractivity contribution < 1.29 is 19.4 Å². The number of ether oxygens (including phenoxy) is 2. The Hall–Kier alpha value is -3.38. The van der Waals surface area contributed by atoms with E-state index in [0.717, 1.165) is 49.0 Å². The summed E-state index contributed by atoms with van der Waals surface area (Å²) in [5.74, 6) is 0.164. The first kappa shape index (κ1) is 23.4. The molecular weight excluding hydrogens is 452 g/mol. The topological polar surface area (TPSA) is 151 Å². The second-order valence-corrected chi connectivity index (χ2v) is 9.01. The molecule has 0 unspecified atom stereocenters. The van der Waals surface area contributed by atoms with E-state index in [-0.39, 0.29) is 30.5 Å². The Balaban J connectivity index is 1.32. The van der Waals surface area contributed by atoms with Gasteiger partial charge in [0, 0.05) is 43.2 Å². The van der Waals surface area contributed by atoms with Gasteiger partial charge in [-0.15, -0.1) is 0 Å². The number of pyridine rings is 1. The predicted octanol–water partition coefficient (Wildman–Crippen LogP) is 1.20. The fraction of sp³-hybridized carbons (Fsp3) is 0.565. The Labute approximate surface area is 202 Å². The number of carbonyl (C=O) groups excluding carboxylic acids is 1. The number of hydrogen-bond donors (Lipinski definition) is 3. The average Bonchev–Trinajstić information content (AvgIpc) is 3.57. The van der Waals surface area contributed by atoms with E-state index in [1.807, 2.05) is 17.0 Å². The van der Waals surface area contributed by atoms with Gasteiger partial charge in [0.25, 0.3) is 5.91 Å². The maximum atomic E-state index is 12.7. The number of carbonyl (C=O) groups is 1. The van der Waals surface area contributed by atoms with Crippen molar-refractivity contribution in [3.05, 3.63) is 29.8 Å². The van der Waals surface area contributed by atoms with Crippen molar-refractivity contribution in [3.8, 4) is 6.01 Å². The molecule has 12 heteroatoms. The van der Waals surface area contributed by atoms with Gasteiger partial charge in [-0.1, -0.05) is 0 Å². The smallest absolute Gasteiger partial charge is 0.322 e. The number of H-pyrrole nitrogens is 1. The molecule has 186 valence electrons. The number of nitrogens with zero attached hydrogens (tertiary/aromatic N) is 6. The molecule has 1 amide bonds. The molecule has 0 radical (unpaired) electrons. The van der Waals surface area contributed by atoms with Crippen molar-refractivity contribution >= 4 is 22.9 Å². The molecule has 0 saturated carbocycles. The molecule has 2 aliphatic rings. The highest BCUT2D eigenvalue weighted by Gasteiger charge is 2.27. The highest BCUT2D eigenvalue weighted by atomic mass is 16.5. The highest BCUT2D eigenvalue weighted by molar-refractivity contribution is 5.91. The maximum Gasteiger partial charge on any atom is 0.322 e. The molecular formula is C23H30N8O4. The molecule has 5 rings (SSSR count). The van der Waals surface area contributed by atoms with E-state index in [0.29, 0.717) is 25.6 Å². The van der Waals surface area contributed by atoms with Crippen molar-refractivity contribution in [2.45, 2.75) is 50.7 Å². The molecule has 0 bridgehead atoms. The molecule has 12 nitrogen and oxygen atoms in total. The maximum absolute atomic E-state index is 12.7. The second kappa shape index (κ2) is 10.5. The van der Waals surface area contributed by atoms with E-state index in [2.05, 4.69) is 35.5 Å². The summed E-state index contributed by atoms with van der Waals surface area (Å²) < 4.78 is 11.4. The van der Waals surface area contributed by atoms with Gasteiger partial charge in [-0.3, -0.25) is 9.89 Å². The third kappa shape index (κ3) is 5.33. The molecule has 2 aliphatic heterocycles. The predicted molar refractivity (Wildman–Crippen MR) is 126 cm³/mol. The number of rotatable bonds is 8. The summed E-state index contributed by atoms with van der Waals surface area (Å²) >= 11 is 0. The average molecular weight is 483 g/mol. The number of nitrogens with one attached hydrogen (secondary N) is 2. The number of anilines is 1. The van der Waals surface area contributed by atoms with Crippen molar-refractivity contribution in [1.82, 2.24) is 35.5 Å². The normalized spacial score (nSPS) is 19.7. The lowest BCUT2D eigenvalue weighted by molar-refractivity contribution is 0.0642. The Kier molecular flexibility index (Phi) is 7.00. The van der Waals surface area contributed by atoms with Crippen LogP contribution in [0.1, 0.15) is 54.8 Å². The number of piperidine rings is 1. The van der Waals surface area contributed by atoms with E-state index in [1.54, 1.807) is 13.1 Å². The third-order valence-corrected chi connectivity index (χ3v) is 6.41. The molecule has 2 fully saturated rings. The molecule has 3 aromatic rings. The minimum absolute atomic E-state index is 0.00388. The summed E-state index contributed by atoms with van der Waals surface area (Å²) in [5.41, 5.74) is 1.82. The molecule has 5 heterocycles. The number of hydrogen-bond acceptors (Lipinski definition) is 10. The van der Waals surface area contributed by atoms with Gasteiger partial charge < -0.3 is 24.8 Å². The van der Waals surface area contributed by atoms with Crippen LogP contribution < -0.4 is 15.0 Å². The number of fused-ring (bicyclic) bond motifs is 1. The minimum Gasteiger partial charge on any atom is -0.461 e. The zero-order valence-electron chi connectivity index (χ0n) is 19.7. The third-order valence-electron chi connectivity index (χ3n) is 6.41. The van der Waals surface area contributed by atoms with Gasteiger partial charge >= 0.3 is 6.01 Å². The Morgan fingerprint density at radius 1 is 1.31 bits per heavy atom. The van der Waals surface area contributed by atoms with Crippen LogP contribution in [0, 0.1) is 0 Å². The van der Waals surface area contributed by atoms with Gasteiger partial charge in [-0.25, -0.2) is 4.98 Å². The first-order valence-corrected chi connectivity index (χ1v) is 12.1. The van der Waals surface area contributed by atoms with E-state index in [9.17, 15) is 9.90 Å². The minimum atomic E-state index is -0.484. The molecule has 0 aliphatic carbocycles. The van der Waals surface area contributed by atoms with Crippen LogP contribution in [0.15, 0.2) is 18.3 Å². The van der Waals surface area contributed by atoms with E-state index in [4.69, 9.17) is 9.47 Å². The van der Waals surface area contributed by atoms with Crippen LogP contribution in [-0.2, 0) is 4.74 Å². The quantitative estimate of drug-likeness (QED) is 0.427. The Morgan fingerprint density at radius 2 is 2.17 bits per heavy atom. The number of aromatic amines is 1. The van der Waals surface area contributed by atoms with Crippen molar-refractivity contribution in [1.29, 1.82) is 0 Å². The van der Waals surface area contributed by atoms with Crippen LogP contribution in [0.2, 0.25) is 0 Å². The lowest BCUT2D eigenvalue weighted by Gasteiger charge is -2.31. The lowest BCUT2D eigenvalue weighted by Crippen LogP contribution is -2.38.